The number of benzene rings is 3. The molecule has 4 aromatic rings. The second kappa shape index (κ2) is 14.1. The Hall–Kier alpha value is -5.23. The minimum Gasteiger partial charge on any atom is -0.497 e. The lowest BCUT2D eigenvalue weighted by molar-refractivity contribution is 0.0946. The molecule has 0 spiro atoms. The third-order valence-electron chi connectivity index (χ3n) is 6.21. The fourth-order valence-corrected chi connectivity index (χ4v) is 4.20. The highest BCUT2D eigenvalue weighted by molar-refractivity contribution is 6.28. The zero-order valence-corrected chi connectivity index (χ0v) is 23.9. The van der Waals surface area contributed by atoms with Crippen molar-refractivity contribution in [2.24, 2.45) is 0 Å². The Labute approximate surface area is 251 Å². The maximum atomic E-state index is 14.5. The summed E-state index contributed by atoms with van der Waals surface area (Å²) >= 11 is 6.10. The SMILES string of the molecule is COc1ccc(CNc2nc(Cl)nc(C(=O)NCc3cc(F)cc(/C(C=N)=C/Nc4ccc(F)cc4)c3)c2N)c(OC)c1. The summed E-state index contributed by atoms with van der Waals surface area (Å²) < 4.78 is 38.3. The van der Waals surface area contributed by atoms with Gasteiger partial charge in [0, 0.05) is 48.4 Å². The van der Waals surface area contributed by atoms with Crippen molar-refractivity contribution in [3.63, 3.8) is 0 Å². The van der Waals surface area contributed by atoms with E-state index in [1.165, 1.54) is 49.7 Å². The molecule has 0 saturated carbocycles. The largest absolute Gasteiger partial charge is 0.497 e. The van der Waals surface area contributed by atoms with Gasteiger partial charge in [-0.1, -0.05) is 0 Å². The van der Waals surface area contributed by atoms with Crippen LogP contribution in [0.25, 0.3) is 5.57 Å². The highest BCUT2D eigenvalue weighted by Crippen LogP contribution is 2.27. The van der Waals surface area contributed by atoms with Gasteiger partial charge in [0.25, 0.3) is 5.91 Å². The topological polar surface area (TPSA) is 147 Å². The third-order valence-corrected chi connectivity index (χ3v) is 6.38. The number of anilines is 3. The van der Waals surface area contributed by atoms with E-state index >= 15 is 0 Å². The zero-order valence-electron chi connectivity index (χ0n) is 23.2. The van der Waals surface area contributed by atoms with Crippen LogP contribution in [0.1, 0.15) is 27.2 Å². The summed E-state index contributed by atoms with van der Waals surface area (Å²) in [4.78, 5) is 21.1. The molecular weight excluding hydrogens is 580 g/mol. The van der Waals surface area contributed by atoms with Crippen LogP contribution in [0.5, 0.6) is 11.5 Å². The van der Waals surface area contributed by atoms with Gasteiger partial charge >= 0.3 is 0 Å². The van der Waals surface area contributed by atoms with Crippen molar-refractivity contribution in [3.05, 3.63) is 106 Å². The number of amides is 1. The number of methoxy groups -OCH3 is 2. The molecule has 1 aromatic heterocycles. The van der Waals surface area contributed by atoms with Crippen molar-refractivity contribution in [1.29, 1.82) is 5.41 Å². The maximum Gasteiger partial charge on any atom is 0.272 e. The number of hydrogen-bond acceptors (Lipinski definition) is 9. The molecule has 43 heavy (non-hydrogen) atoms. The molecule has 222 valence electrons. The van der Waals surface area contributed by atoms with E-state index in [9.17, 15) is 13.6 Å². The highest BCUT2D eigenvalue weighted by Gasteiger charge is 2.18. The number of rotatable bonds is 12. The minimum absolute atomic E-state index is 0.0322. The van der Waals surface area contributed by atoms with Crippen LogP contribution in [0.3, 0.4) is 0 Å². The molecule has 0 aliphatic heterocycles. The van der Waals surface area contributed by atoms with Crippen LogP contribution in [0.4, 0.5) is 26.0 Å². The summed E-state index contributed by atoms with van der Waals surface area (Å²) in [5.41, 5.74) is 8.55. The first-order valence-electron chi connectivity index (χ1n) is 12.8. The van der Waals surface area contributed by atoms with Crippen LogP contribution in [0.15, 0.2) is 66.9 Å². The molecular formula is C30H28ClF2N7O3. The average Bonchev–Trinajstić information content (AvgIpc) is 3.01. The first-order valence-corrected chi connectivity index (χ1v) is 13.2. The second-order valence-electron chi connectivity index (χ2n) is 9.06. The Kier molecular flexibility index (Phi) is 10.1. The molecule has 13 heteroatoms. The summed E-state index contributed by atoms with van der Waals surface area (Å²) in [5, 5.41) is 16.2. The van der Waals surface area contributed by atoms with E-state index < -0.39 is 11.7 Å². The smallest absolute Gasteiger partial charge is 0.272 e. The molecule has 4 rings (SSSR count). The van der Waals surface area contributed by atoms with Gasteiger partial charge in [0.05, 0.1) is 14.2 Å². The molecule has 10 nitrogen and oxygen atoms in total. The Morgan fingerprint density at radius 1 is 1.00 bits per heavy atom. The Balaban J connectivity index is 1.47. The molecule has 0 saturated heterocycles. The van der Waals surface area contributed by atoms with Gasteiger partial charge in [-0.15, -0.1) is 0 Å². The molecule has 1 amide bonds. The molecule has 0 atom stereocenters. The number of hydrogen-bond donors (Lipinski definition) is 5. The summed E-state index contributed by atoms with van der Waals surface area (Å²) in [6, 6.07) is 15.1. The van der Waals surface area contributed by atoms with Crippen molar-refractivity contribution in [1.82, 2.24) is 15.3 Å². The van der Waals surface area contributed by atoms with Gasteiger partial charge in [-0.05, 0) is 77.3 Å². The van der Waals surface area contributed by atoms with Gasteiger partial charge in [0.1, 0.15) is 28.8 Å². The molecule has 1 heterocycles. The quantitative estimate of drug-likeness (QED) is 0.102. The van der Waals surface area contributed by atoms with Gasteiger partial charge in [-0.2, -0.15) is 4.98 Å². The predicted octanol–water partition coefficient (Wildman–Crippen LogP) is 5.65. The van der Waals surface area contributed by atoms with E-state index in [0.29, 0.717) is 33.9 Å². The molecule has 3 aromatic carbocycles. The van der Waals surface area contributed by atoms with E-state index in [-0.39, 0.29) is 41.4 Å². The summed E-state index contributed by atoms with van der Waals surface area (Å²) in [6.07, 6.45) is 2.55. The summed E-state index contributed by atoms with van der Waals surface area (Å²) in [5.74, 6) is -0.261. The standard InChI is InChI=1S/C30H28ClF2N7O3/c1-42-24-8-3-18(25(12-24)43-2)15-37-28-26(35)27(39-30(31)40-28)29(41)38-14-17-9-19(11-22(33)10-17)20(13-34)16-36-23-6-4-21(32)5-7-23/h3-13,16,34,36H,14-15,35H2,1-2H3,(H,38,41)(H,37,39,40)/b20-16+,34-13?. The number of carbonyl (C=O) groups is 1. The number of nitrogens with one attached hydrogen (secondary N) is 4. The van der Waals surface area contributed by atoms with Crippen molar-refractivity contribution >= 4 is 46.5 Å². The molecule has 0 radical (unpaired) electrons. The van der Waals surface area contributed by atoms with E-state index in [2.05, 4.69) is 25.9 Å². The Morgan fingerprint density at radius 2 is 1.77 bits per heavy atom. The van der Waals surface area contributed by atoms with Crippen LogP contribution in [0.2, 0.25) is 5.28 Å². The fourth-order valence-electron chi connectivity index (χ4n) is 4.03. The number of nitrogens with two attached hydrogens (primary N) is 1. The van der Waals surface area contributed by atoms with Gasteiger partial charge in [0.15, 0.2) is 11.5 Å². The van der Waals surface area contributed by atoms with Crippen LogP contribution >= 0.6 is 11.6 Å². The lowest BCUT2D eigenvalue weighted by atomic mass is 10.0. The van der Waals surface area contributed by atoms with Crippen molar-refractivity contribution in [2.45, 2.75) is 13.1 Å². The van der Waals surface area contributed by atoms with Crippen molar-refractivity contribution < 1.29 is 23.0 Å². The van der Waals surface area contributed by atoms with Gasteiger partial charge < -0.3 is 36.6 Å². The van der Waals surface area contributed by atoms with Crippen LogP contribution in [-0.4, -0.2) is 36.3 Å². The zero-order chi connectivity index (χ0) is 30.9. The monoisotopic (exact) mass is 607 g/mol. The summed E-state index contributed by atoms with van der Waals surface area (Å²) in [6.45, 7) is 0.170. The number of ether oxygens (including phenoxy) is 2. The van der Waals surface area contributed by atoms with Gasteiger partial charge in [0.2, 0.25) is 5.28 Å². The van der Waals surface area contributed by atoms with Crippen molar-refractivity contribution in [2.75, 3.05) is 30.6 Å². The lowest BCUT2D eigenvalue weighted by Gasteiger charge is -2.14. The Morgan fingerprint density at radius 3 is 2.47 bits per heavy atom. The number of halogens is 3. The number of nitrogens with zero attached hydrogens (tertiary/aromatic N) is 2. The number of aromatic nitrogens is 2. The maximum absolute atomic E-state index is 14.5. The number of carbonyl (C=O) groups excluding carboxylic acids is 1. The highest BCUT2D eigenvalue weighted by atomic mass is 35.5. The van der Waals surface area contributed by atoms with E-state index in [4.69, 9.17) is 32.2 Å². The van der Waals surface area contributed by atoms with Crippen LogP contribution in [0, 0.1) is 17.0 Å². The van der Waals surface area contributed by atoms with E-state index in [1.807, 2.05) is 6.07 Å². The average molecular weight is 608 g/mol. The molecule has 0 fully saturated rings. The molecule has 0 aliphatic rings. The third kappa shape index (κ3) is 7.95. The molecule has 0 unspecified atom stereocenters. The first kappa shape index (κ1) is 30.7. The van der Waals surface area contributed by atoms with E-state index in [0.717, 1.165) is 11.8 Å². The van der Waals surface area contributed by atoms with Crippen LogP contribution in [-0.2, 0) is 13.1 Å². The second-order valence-corrected chi connectivity index (χ2v) is 9.40. The molecule has 0 bridgehead atoms. The predicted molar refractivity (Wildman–Crippen MR) is 163 cm³/mol. The Bertz CT molecular complexity index is 1670. The summed E-state index contributed by atoms with van der Waals surface area (Å²) in [7, 11) is 3.08. The van der Waals surface area contributed by atoms with Gasteiger partial charge in [-0.3, -0.25) is 4.79 Å². The van der Waals surface area contributed by atoms with Gasteiger partial charge in [-0.25, -0.2) is 13.8 Å². The van der Waals surface area contributed by atoms with Crippen molar-refractivity contribution in [3.8, 4) is 11.5 Å². The minimum atomic E-state index is -0.654. The molecule has 0 aliphatic carbocycles. The molecule has 6 N–H and O–H groups in total. The lowest BCUT2D eigenvalue weighted by Crippen LogP contribution is -2.26. The first-order chi connectivity index (χ1) is 20.7. The fraction of sp³-hybridized carbons (Fsp3) is 0.133. The van der Waals surface area contributed by atoms with Crippen LogP contribution < -0.4 is 31.2 Å². The number of allylic oxidation sites excluding steroid dienone is 1. The number of nitrogen functional groups attached to an aromatic ring is 1. The van der Waals surface area contributed by atoms with E-state index in [1.54, 1.807) is 25.3 Å². The normalized spacial score (nSPS) is 11.0.